The highest BCUT2D eigenvalue weighted by Crippen LogP contribution is 2.24. The van der Waals surface area contributed by atoms with Crippen molar-refractivity contribution >= 4 is 11.6 Å². The van der Waals surface area contributed by atoms with E-state index in [1.807, 2.05) is 6.92 Å². The van der Waals surface area contributed by atoms with Crippen molar-refractivity contribution in [3.05, 3.63) is 59.4 Å². The second-order valence-electron chi connectivity index (χ2n) is 3.99. The van der Waals surface area contributed by atoms with Crippen molar-refractivity contribution < 1.29 is 14.3 Å². The molecule has 0 spiro atoms. The van der Waals surface area contributed by atoms with E-state index in [0.29, 0.717) is 5.69 Å². The van der Waals surface area contributed by atoms with Crippen LogP contribution in [0.3, 0.4) is 0 Å². The fourth-order valence-electron chi connectivity index (χ4n) is 1.57. The molecule has 0 radical (unpaired) electrons. The molecule has 2 aromatic carbocycles. The number of hydrogen-bond acceptors (Lipinski definition) is 2. The van der Waals surface area contributed by atoms with Crippen LogP contribution in [0.15, 0.2) is 42.5 Å². The lowest BCUT2D eigenvalue weighted by Gasteiger charge is -2.08. The standard InChI is InChI=1S/C14H12FNO2/c1-9-5-6-12(13(17)7-9)16-14(18)10-3-2-4-11(15)8-10/h2-8,17H,1H3,(H,16,18). The molecule has 18 heavy (non-hydrogen) atoms. The fraction of sp³-hybridized carbons (Fsp3) is 0.0714. The van der Waals surface area contributed by atoms with Crippen molar-refractivity contribution in [2.75, 3.05) is 5.32 Å². The van der Waals surface area contributed by atoms with Crippen LogP contribution in [0.4, 0.5) is 10.1 Å². The van der Waals surface area contributed by atoms with Crippen LogP contribution in [0.1, 0.15) is 15.9 Å². The number of nitrogens with one attached hydrogen (secondary N) is 1. The summed E-state index contributed by atoms with van der Waals surface area (Å²) in [6.07, 6.45) is 0. The van der Waals surface area contributed by atoms with Crippen molar-refractivity contribution in [1.29, 1.82) is 0 Å². The zero-order chi connectivity index (χ0) is 13.1. The lowest BCUT2D eigenvalue weighted by Crippen LogP contribution is -2.12. The number of halogens is 1. The van der Waals surface area contributed by atoms with Crippen LogP contribution in [0.2, 0.25) is 0 Å². The summed E-state index contributed by atoms with van der Waals surface area (Å²) in [4.78, 5) is 11.8. The molecule has 2 aromatic rings. The number of amides is 1. The molecule has 0 saturated heterocycles. The molecular formula is C14H12FNO2. The van der Waals surface area contributed by atoms with Gasteiger partial charge >= 0.3 is 0 Å². The van der Waals surface area contributed by atoms with Crippen LogP contribution in [0, 0.1) is 12.7 Å². The highest BCUT2D eigenvalue weighted by atomic mass is 19.1. The molecule has 0 heterocycles. The third-order valence-electron chi connectivity index (χ3n) is 2.49. The summed E-state index contributed by atoms with van der Waals surface area (Å²) in [7, 11) is 0. The Bertz CT molecular complexity index is 596. The minimum absolute atomic E-state index is 0.0141. The maximum absolute atomic E-state index is 13.0. The van der Waals surface area contributed by atoms with Gasteiger partial charge in [-0.05, 0) is 42.8 Å². The quantitative estimate of drug-likeness (QED) is 0.799. The minimum atomic E-state index is -0.476. The first-order valence-corrected chi connectivity index (χ1v) is 5.43. The van der Waals surface area contributed by atoms with E-state index in [-0.39, 0.29) is 11.3 Å². The molecule has 0 aliphatic rings. The number of rotatable bonds is 2. The van der Waals surface area contributed by atoms with Crippen molar-refractivity contribution in [3.8, 4) is 5.75 Å². The van der Waals surface area contributed by atoms with E-state index in [1.54, 1.807) is 18.2 Å². The molecule has 1 amide bonds. The number of aromatic hydroxyl groups is 1. The van der Waals surface area contributed by atoms with Crippen LogP contribution in [0.25, 0.3) is 0 Å². The second kappa shape index (κ2) is 4.87. The summed E-state index contributed by atoms with van der Waals surface area (Å²) in [6, 6.07) is 10.3. The zero-order valence-corrected chi connectivity index (χ0v) is 9.77. The largest absolute Gasteiger partial charge is 0.506 e. The summed E-state index contributed by atoms with van der Waals surface area (Å²) in [5, 5.41) is 12.2. The van der Waals surface area contributed by atoms with Crippen LogP contribution >= 0.6 is 0 Å². The number of benzene rings is 2. The molecule has 4 heteroatoms. The maximum Gasteiger partial charge on any atom is 0.255 e. The van der Waals surface area contributed by atoms with Gasteiger partial charge < -0.3 is 10.4 Å². The van der Waals surface area contributed by atoms with Crippen LogP contribution < -0.4 is 5.32 Å². The normalized spacial score (nSPS) is 10.1. The van der Waals surface area contributed by atoms with Crippen molar-refractivity contribution in [2.45, 2.75) is 6.92 Å². The first-order chi connectivity index (χ1) is 8.56. The SMILES string of the molecule is Cc1ccc(NC(=O)c2cccc(F)c2)c(O)c1. The third kappa shape index (κ3) is 2.66. The van der Waals surface area contributed by atoms with Gasteiger partial charge in [-0.25, -0.2) is 4.39 Å². The second-order valence-corrected chi connectivity index (χ2v) is 3.99. The lowest BCUT2D eigenvalue weighted by atomic mass is 10.2. The van der Waals surface area contributed by atoms with Gasteiger partial charge in [0.2, 0.25) is 0 Å². The summed E-state index contributed by atoms with van der Waals surface area (Å²) in [6.45, 7) is 1.83. The summed E-state index contributed by atoms with van der Waals surface area (Å²) in [5.41, 5.74) is 1.39. The summed E-state index contributed by atoms with van der Waals surface area (Å²) < 4.78 is 13.0. The molecule has 0 aliphatic carbocycles. The number of anilines is 1. The Balaban J connectivity index is 2.21. The van der Waals surface area contributed by atoms with Gasteiger partial charge in [0, 0.05) is 5.56 Å². The number of carbonyl (C=O) groups excluding carboxylic acids is 1. The van der Waals surface area contributed by atoms with Crippen LogP contribution in [-0.2, 0) is 0 Å². The van der Waals surface area contributed by atoms with E-state index in [1.165, 1.54) is 18.2 Å². The van der Waals surface area contributed by atoms with E-state index < -0.39 is 11.7 Å². The van der Waals surface area contributed by atoms with Crippen molar-refractivity contribution in [3.63, 3.8) is 0 Å². The van der Waals surface area contributed by atoms with Crippen molar-refractivity contribution in [2.24, 2.45) is 0 Å². The molecule has 0 bridgehead atoms. The third-order valence-corrected chi connectivity index (χ3v) is 2.49. The number of phenolic OH excluding ortho intramolecular Hbond substituents is 1. The number of hydrogen-bond donors (Lipinski definition) is 2. The van der Waals surface area contributed by atoms with E-state index in [4.69, 9.17) is 0 Å². The summed E-state index contributed by atoms with van der Waals surface area (Å²) >= 11 is 0. The number of phenols is 1. The molecule has 2 N–H and O–H groups in total. The Morgan fingerprint density at radius 1 is 1.22 bits per heavy atom. The minimum Gasteiger partial charge on any atom is -0.506 e. The maximum atomic E-state index is 13.0. The topological polar surface area (TPSA) is 49.3 Å². The fourth-order valence-corrected chi connectivity index (χ4v) is 1.57. The molecule has 3 nitrogen and oxygen atoms in total. The predicted octanol–water partition coefficient (Wildman–Crippen LogP) is 3.09. The van der Waals surface area contributed by atoms with Gasteiger partial charge in [-0.1, -0.05) is 12.1 Å². The highest BCUT2D eigenvalue weighted by Gasteiger charge is 2.09. The van der Waals surface area contributed by atoms with Gasteiger partial charge in [0.25, 0.3) is 5.91 Å². The van der Waals surface area contributed by atoms with E-state index >= 15 is 0 Å². The van der Waals surface area contributed by atoms with E-state index in [9.17, 15) is 14.3 Å². The summed E-state index contributed by atoms with van der Waals surface area (Å²) in [5.74, 6) is -0.954. The van der Waals surface area contributed by atoms with E-state index in [2.05, 4.69) is 5.32 Å². The predicted molar refractivity (Wildman–Crippen MR) is 67.2 cm³/mol. The molecule has 0 aromatic heterocycles. The number of carbonyl (C=O) groups is 1. The highest BCUT2D eigenvalue weighted by molar-refractivity contribution is 6.04. The molecule has 2 rings (SSSR count). The molecule has 0 saturated carbocycles. The van der Waals surface area contributed by atoms with Gasteiger partial charge in [0.1, 0.15) is 11.6 Å². The molecule has 0 unspecified atom stereocenters. The van der Waals surface area contributed by atoms with Gasteiger partial charge in [-0.2, -0.15) is 0 Å². The van der Waals surface area contributed by atoms with Gasteiger partial charge in [-0.3, -0.25) is 4.79 Å². The van der Waals surface area contributed by atoms with Crippen molar-refractivity contribution in [1.82, 2.24) is 0 Å². The Hall–Kier alpha value is -2.36. The molecule has 92 valence electrons. The molecule has 0 aliphatic heterocycles. The average Bonchev–Trinajstić information content (AvgIpc) is 2.32. The Kier molecular flexibility index (Phi) is 3.28. The van der Waals surface area contributed by atoms with Crippen LogP contribution in [0.5, 0.6) is 5.75 Å². The zero-order valence-electron chi connectivity index (χ0n) is 9.77. The lowest BCUT2D eigenvalue weighted by molar-refractivity contribution is 0.102. The van der Waals surface area contributed by atoms with Crippen LogP contribution in [-0.4, -0.2) is 11.0 Å². The van der Waals surface area contributed by atoms with Gasteiger partial charge in [0.05, 0.1) is 5.69 Å². The number of aryl methyl sites for hydroxylation is 1. The molecule has 0 fully saturated rings. The Morgan fingerprint density at radius 2 is 2.00 bits per heavy atom. The van der Waals surface area contributed by atoms with E-state index in [0.717, 1.165) is 11.6 Å². The smallest absolute Gasteiger partial charge is 0.255 e. The Labute approximate surface area is 104 Å². The van der Waals surface area contributed by atoms with Gasteiger partial charge in [-0.15, -0.1) is 0 Å². The molecular weight excluding hydrogens is 233 g/mol. The Morgan fingerprint density at radius 3 is 2.67 bits per heavy atom. The molecule has 0 atom stereocenters. The monoisotopic (exact) mass is 245 g/mol. The first kappa shape index (κ1) is 12.1. The first-order valence-electron chi connectivity index (χ1n) is 5.43. The average molecular weight is 245 g/mol. The van der Waals surface area contributed by atoms with Gasteiger partial charge in [0.15, 0.2) is 0 Å².